The van der Waals surface area contributed by atoms with Gasteiger partial charge >= 0.3 is 0 Å². The number of ether oxygens (including phenoxy) is 1. The Bertz CT molecular complexity index is 211. The highest BCUT2D eigenvalue weighted by molar-refractivity contribution is 4.90. The van der Waals surface area contributed by atoms with Gasteiger partial charge < -0.3 is 4.74 Å². The van der Waals surface area contributed by atoms with Crippen molar-refractivity contribution in [1.29, 1.82) is 0 Å². The molecule has 0 spiro atoms. The lowest BCUT2D eigenvalue weighted by Crippen LogP contribution is -1.82. The summed E-state index contributed by atoms with van der Waals surface area (Å²) in [5.41, 5.74) is 0. The topological polar surface area (TPSA) is 9.23 Å². The van der Waals surface area contributed by atoms with E-state index in [1.54, 1.807) is 7.11 Å². The van der Waals surface area contributed by atoms with Gasteiger partial charge in [0.1, 0.15) is 6.11 Å². The third-order valence-corrected chi connectivity index (χ3v) is 3.58. The minimum atomic E-state index is 0.992. The van der Waals surface area contributed by atoms with Crippen molar-refractivity contribution in [2.24, 2.45) is 0 Å². The molecule has 0 aromatic heterocycles. The summed E-state index contributed by atoms with van der Waals surface area (Å²) < 4.78 is 4.69. The zero-order valence-electron chi connectivity index (χ0n) is 13.3. The second-order valence-corrected chi connectivity index (χ2v) is 5.48. The molecule has 0 bridgehead atoms. The molecule has 0 rings (SSSR count). The Balaban J connectivity index is 2.95. The highest BCUT2D eigenvalue weighted by Crippen LogP contribution is 2.12. The normalized spacial score (nSPS) is 10.0. The lowest BCUT2D eigenvalue weighted by molar-refractivity contribution is 0.371. The van der Waals surface area contributed by atoms with Gasteiger partial charge in [-0.25, -0.2) is 0 Å². The van der Waals surface area contributed by atoms with Crippen molar-refractivity contribution in [2.45, 2.75) is 96.8 Å². The van der Waals surface area contributed by atoms with E-state index < -0.39 is 0 Å². The Morgan fingerprint density at radius 1 is 0.632 bits per heavy atom. The van der Waals surface area contributed by atoms with Gasteiger partial charge in [-0.15, -0.1) is 0 Å². The molecule has 0 saturated heterocycles. The number of rotatable bonds is 13. The number of hydrogen-bond donors (Lipinski definition) is 0. The van der Waals surface area contributed by atoms with Crippen molar-refractivity contribution >= 4 is 0 Å². The molecule has 0 unspecified atom stereocenters. The maximum atomic E-state index is 4.69. The molecule has 0 amide bonds. The Morgan fingerprint density at radius 2 is 1.05 bits per heavy atom. The van der Waals surface area contributed by atoms with Gasteiger partial charge in [0.2, 0.25) is 0 Å². The van der Waals surface area contributed by atoms with Crippen LogP contribution >= 0.6 is 0 Å². The van der Waals surface area contributed by atoms with Crippen LogP contribution in [0.3, 0.4) is 0 Å². The molecule has 0 aromatic rings. The van der Waals surface area contributed by atoms with Crippen LogP contribution < -0.4 is 0 Å². The molecule has 0 heterocycles. The number of unbranched alkanes of at least 4 members (excludes halogenated alkanes) is 13. The van der Waals surface area contributed by atoms with Gasteiger partial charge in [-0.3, -0.25) is 0 Å². The van der Waals surface area contributed by atoms with Gasteiger partial charge in [0, 0.05) is 6.42 Å². The van der Waals surface area contributed by atoms with Crippen LogP contribution in [0, 0.1) is 12.0 Å². The summed E-state index contributed by atoms with van der Waals surface area (Å²) in [7, 11) is 1.62. The quantitative estimate of drug-likeness (QED) is 0.290. The van der Waals surface area contributed by atoms with Crippen LogP contribution in [0.25, 0.3) is 0 Å². The lowest BCUT2D eigenvalue weighted by Gasteiger charge is -2.02. The molecule has 0 fully saturated rings. The molecule has 0 aliphatic heterocycles. The maximum absolute atomic E-state index is 4.69. The van der Waals surface area contributed by atoms with Gasteiger partial charge in [0.15, 0.2) is 0 Å². The van der Waals surface area contributed by atoms with Crippen LogP contribution in [0.5, 0.6) is 0 Å². The lowest BCUT2D eigenvalue weighted by atomic mass is 10.0. The van der Waals surface area contributed by atoms with Gasteiger partial charge in [-0.05, 0) is 6.42 Å². The average molecular weight is 266 g/mol. The molecule has 0 aromatic carbocycles. The summed E-state index contributed by atoms with van der Waals surface area (Å²) in [5, 5.41) is 0. The van der Waals surface area contributed by atoms with Crippen molar-refractivity contribution in [3.63, 3.8) is 0 Å². The Labute approximate surface area is 121 Å². The monoisotopic (exact) mass is 266 g/mol. The molecule has 19 heavy (non-hydrogen) atoms. The fourth-order valence-electron chi connectivity index (χ4n) is 2.35. The molecule has 1 heteroatoms. The predicted molar refractivity (Wildman–Crippen MR) is 85.1 cm³/mol. The highest BCUT2D eigenvalue weighted by Gasteiger charge is 1.93. The molecular formula is C18H34O. The van der Waals surface area contributed by atoms with E-state index in [0.29, 0.717) is 0 Å². The van der Waals surface area contributed by atoms with Gasteiger partial charge in [0.05, 0.1) is 7.11 Å². The molecule has 0 aliphatic carbocycles. The first-order valence-corrected chi connectivity index (χ1v) is 8.42. The second-order valence-electron chi connectivity index (χ2n) is 5.48. The van der Waals surface area contributed by atoms with E-state index in [1.165, 1.54) is 83.5 Å². The highest BCUT2D eigenvalue weighted by atomic mass is 16.5. The summed E-state index contributed by atoms with van der Waals surface area (Å²) in [5.74, 6) is 3.00. The van der Waals surface area contributed by atoms with Crippen LogP contribution in [0.2, 0.25) is 0 Å². The number of methoxy groups -OCH3 is 1. The Hall–Kier alpha value is -0.640. The Kier molecular flexibility index (Phi) is 16.8. The fourth-order valence-corrected chi connectivity index (χ4v) is 2.35. The van der Waals surface area contributed by atoms with E-state index in [1.807, 2.05) is 0 Å². The fraction of sp³-hybridized carbons (Fsp3) is 0.889. The van der Waals surface area contributed by atoms with E-state index in [2.05, 4.69) is 19.0 Å². The number of hydrogen-bond acceptors (Lipinski definition) is 1. The van der Waals surface area contributed by atoms with Crippen LogP contribution in [0.4, 0.5) is 0 Å². The summed E-state index contributed by atoms with van der Waals surface area (Å²) in [6, 6.07) is 0. The molecule has 0 N–H and O–H groups in total. The first kappa shape index (κ1) is 18.4. The zero-order chi connectivity index (χ0) is 14.0. The van der Waals surface area contributed by atoms with Gasteiger partial charge in [-0.2, -0.15) is 0 Å². The van der Waals surface area contributed by atoms with Crippen LogP contribution in [0.1, 0.15) is 96.8 Å². The molecule has 0 radical (unpaired) electrons. The van der Waals surface area contributed by atoms with Gasteiger partial charge in [0.25, 0.3) is 0 Å². The molecule has 0 atom stereocenters. The summed E-state index contributed by atoms with van der Waals surface area (Å²) in [6.07, 6.45) is 21.9. The van der Waals surface area contributed by atoms with Crippen LogP contribution in [-0.4, -0.2) is 7.11 Å². The van der Waals surface area contributed by atoms with Gasteiger partial charge in [-0.1, -0.05) is 89.9 Å². The minimum Gasteiger partial charge on any atom is -0.450 e. The predicted octanol–water partition coefficient (Wildman–Crippen LogP) is 6.08. The van der Waals surface area contributed by atoms with E-state index in [0.717, 1.165) is 6.42 Å². The minimum absolute atomic E-state index is 0.992. The summed E-state index contributed by atoms with van der Waals surface area (Å²) in [6.45, 7) is 2.28. The first-order valence-electron chi connectivity index (χ1n) is 8.42. The van der Waals surface area contributed by atoms with E-state index in [9.17, 15) is 0 Å². The summed E-state index contributed by atoms with van der Waals surface area (Å²) in [4.78, 5) is 0. The van der Waals surface area contributed by atoms with Crippen LogP contribution in [0.15, 0.2) is 0 Å². The first-order chi connectivity index (χ1) is 9.41. The summed E-state index contributed by atoms with van der Waals surface area (Å²) >= 11 is 0. The molecular weight excluding hydrogens is 232 g/mol. The Morgan fingerprint density at radius 3 is 1.47 bits per heavy atom. The maximum Gasteiger partial charge on any atom is 0.109 e. The molecule has 112 valence electrons. The van der Waals surface area contributed by atoms with Crippen molar-refractivity contribution in [1.82, 2.24) is 0 Å². The van der Waals surface area contributed by atoms with Crippen molar-refractivity contribution in [2.75, 3.05) is 7.11 Å². The third-order valence-electron chi connectivity index (χ3n) is 3.58. The SMILES string of the molecule is CCCCCCCCCCCCCCCC#COC. The average Bonchev–Trinajstić information content (AvgIpc) is 2.43. The standard InChI is InChI=1S/C18H34O/c1-3-4-5-6-7-8-9-10-11-12-13-14-15-16-17-18-19-2/h3-16H2,1-2H3. The molecule has 1 nitrogen and oxygen atoms in total. The van der Waals surface area contributed by atoms with Crippen molar-refractivity contribution in [3.05, 3.63) is 0 Å². The molecule has 0 saturated carbocycles. The third kappa shape index (κ3) is 17.4. The van der Waals surface area contributed by atoms with Crippen LogP contribution in [-0.2, 0) is 4.74 Å². The van der Waals surface area contributed by atoms with Crippen molar-refractivity contribution in [3.8, 4) is 12.0 Å². The molecule has 0 aliphatic rings. The van der Waals surface area contributed by atoms with Crippen molar-refractivity contribution < 1.29 is 4.74 Å². The second kappa shape index (κ2) is 17.4. The van der Waals surface area contributed by atoms with E-state index in [-0.39, 0.29) is 0 Å². The smallest absolute Gasteiger partial charge is 0.109 e. The zero-order valence-corrected chi connectivity index (χ0v) is 13.3. The van der Waals surface area contributed by atoms with E-state index in [4.69, 9.17) is 4.74 Å². The van der Waals surface area contributed by atoms with E-state index >= 15 is 0 Å². The largest absolute Gasteiger partial charge is 0.450 e.